The second kappa shape index (κ2) is 8.12. The number of aryl methyl sites for hydroxylation is 1. The highest BCUT2D eigenvalue weighted by Crippen LogP contribution is 2.43. The van der Waals surface area contributed by atoms with Crippen molar-refractivity contribution >= 4 is 17.4 Å². The Morgan fingerprint density at radius 1 is 0.968 bits per heavy atom. The molecule has 1 heterocycles. The summed E-state index contributed by atoms with van der Waals surface area (Å²) in [6, 6.07) is 22.5. The molecule has 0 aliphatic carbocycles. The molecule has 4 heteroatoms. The highest BCUT2D eigenvalue weighted by Gasteiger charge is 2.50. The molecule has 0 spiro atoms. The Bertz CT molecular complexity index is 1120. The summed E-state index contributed by atoms with van der Waals surface area (Å²) < 4.78 is 0. The van der Waals surface area contributed by atoms with Gasteiger partial charge in [0.25, 0.3) is 5.91 Å². The van der Waals surface area contributed by atoms with Crippen LogP contribution >= 0.6 is 0 Å². The van der Waals surface area contributed by atoms with E-state index in [1.807, 2.05) is 55.5 Å². The zero-order valence-electron chi connectivity index (χ0n) is 18.1. The first kappa shape index (κ1) is 21.0. The molecule has 4 rings (SSSR count). The quantitative estimate of drug-likeness (QED) is 0.570. The molecular formula is C27H27NO3. The van der Waals surface area contributed by atoms with E-state index in [4.69, 9.17) is 0 Å². The van der Waals surface area contributed by atoms with Crippen molar-refractivity contribution in [1.82, 2.24) is 0 Å². The molecular weight excluding hydrogens is 386 g/mol. The van der Waals surface area contributed by atoms with Crippen molar-refractivity contribution in [2.24, 2.45) is 0 Å². The Hall–Kier alpha value is -3.24. The van der Waals surface area contributed by atoms with Crippen LogP contribution < -0.4 is 4.90 Å². The average Bonchev–Trinajstić information content (AvgIpc) is 2.97. The van der Waals surface area contributed by atoms with E-state index in [0.29, 0.717) is 29.3 Å². The smallest absolute Gasteiger partial charge is 0.264 e. The Balaban J connectivity index is 1.63. The van der Waals surface area contributed by atoms with E-state index >= 15 is 0 Å². The molecule has 1 aliphatic rings. The highest BCUT2D eigenvalue weighted by atomic mass is 16.3. The largest absolute Gasteiger partial charge is 0.375 e. The van der Waals surface area contributed by atoms with Gasteiger partial charge in [-0.2, -0.15) is 0 Å². The number of aliphatic hydroxyl groups is 1. The highest BCUT2D eigenvalue weighted by molar-refractivity contribution is 6.10. The van der Waals surface area contributed by atoms with Crippen LogP contribution in [0.4, 0.5) is 5.69 Å². The molecule has 4 nitrogen and oxygen atoms in total. The summed E-state index contributed by atoms with van der Waals surface area (Å²) in [4.78, 5) is 28.0. The zero-order chi connectivity index (χ0) is 22.2. The molecule has 1 amide bonds. The van der Waals surface area contributed by atoms with Gasteiger partial charge in [-0.05, 0) is 30.0 Å². The van der Waals surface area contributed by atoms with Crippen molar-refractivity contribution < 1.29 is 14.7 Å². The number of hydrogen-bond acceptors (Lipinski definition) is 3. The van der Waals surface area contributed by atoms with Gasteiger partial charge in [-0.25, -0.2) is 0 Å². The van der Waals surface area contributed by atoms with Gasteiger partial charge in [0.1, 0.15) is 0 Å². The van der Waals surface area contributed by atoms with Gasteiger partial charge in [0.05, 0.1) is 18.7 Å². The minimum atomic E-state index is -1.87. The number of carbonyl (C=O) groups is 2. The zero-order valence-corrected chi connectivity index (χ0v) is 18.1. The van der Waals surface area contributed by atoms with Gasteiger partial charge in [-0.15, -0.1) is 0 Å². The minimum absolute atomic E-state index is 0.252. The predicted molar refractivity (Wildman–Crippen MR) is 122 cm³/mol. The van der Waals surface area contributed by atoms with E-state index in [2.05, 4.69) is 13.8 Å². The topological polar surface area (TPSA) is 57.6 Å². The molecule has 0 fully saturated rings. The Labute approximate surface area is 183 Å². The number of hydrogen-bond donors (Lipinski definition) is 1. The maximum Gasteiger partial charge on any atom is 0.264 e. The molecule has 0 bridgehead atoms. The van der Waals surface area contributed by atoms with Crippen molar-refractivity contribution in [3.63, 3.8) is 0 Å². The van der Waals surface area contributed by atoms with Gasteiger partial charge in [-0.1, -0.05) is 86.1 Å². The number of amides is 1. The summed E-state index contributed by atoms with van der Waals surface area (Å²) >= 11 is 0. The van der Waals surface area contributed by atoms with Crippen molar-refractivity contribution in [2.75, 3.05) is 4.90 Å². The maximum atomic E-state index is 13.4. The first-order chi connectivity index (χ1) is 14.8. The molecule has 1 N–H and O–H groups in total. The van der Waals surface area contributed by atoms with Crippen LogP contribution in [0.3, 0.4) is 0 Å². The number of ketones is 1. The monoisotopic (exact) mass is 413 g/mol. The molecule has 31 heavy (non-hydrogen) atoms. The van der Waals surface area contributed by atoms with E-state index in [1.54, 1.807) is 29.2 Å². The molecule has 1 atom stereocenters. The van der Waals surface area contributed by atoms with E-state index in [9.17, 15) is 14.7 Å². The number of Topliss-reactive ketones (excluding diaryl/α,β-unsaturated/α-hetero) is 1. The van der Waals surface area contributed by atoms with Crippen LogP contribution in [-0.4, -0.2) is 16.8 Å². The van der Waals surface area contributed by atoms with Crippen LogP contribution in [0.2, 0.25) is 0 Å². The van der Waals surface area contributed by atoms with E-state index in [0.717, 1.165) is 16.7 Å². The lowest BCUT2D eigenvalue weighted by Crippen LogP contribution is -2.41. The second-order valence-electron chi connectivity index (χ2n) is 8.63. The first-order valence-corrected chi connectivity index (χ1v) is 10.6. The lowest BCUT2D eigenvalue weighted by molar-refractivity contribution is -0.136. The van der Waals surface area contributed by atoms with Crippen LogP contribution in [0.5, 0.6) is 0 Å². The van der Waals surface area contributed by atoms with E-state index in [-0.39, 0.29) is 12.2 Å². The Kier molecular flexibility index (Phi) is 5.50. The van der Waals surface area contributed by atoms with E-state index < -0.39 is 11.5 Å². The molecule has 0 saturated heterocycles. The summed E-state index contributed by atoms with van der Waals surface area (Å²) in [7, 11) is 0. The van der Waals surface area contributed by atoms with Gasteiger partial charge < -0.3 is 10.0 Å². The number of para-hydroxylation sites is 1. The van der Waals surface area contributed by atoms with Gasteiger partial charge in [0.2, 0.25) is 0 Å². The van der Waals surface area contributed by atoms with Gasteiger partial charge >= 0.3 is 0 Å². The summed E-state index contributed by atoms with van der Waals surface area (Å²) in [5.74, 6) is -0.341. The molecule has 3 aromatic rings. The number of nitrogens with zero attached hydrogens (tertiary/aromatic N) is 1. The number of fused-ring (bicyclic) bond motifs is 1. The van der Waals surface area contributed by atoms with Crippen LogP contribution in [0.25, 0.3) is 0 Å². The lowest BCUT2D eigenvalue weighted by Gasteiger charge is -2.23. The van der Waals surface area contributed by atoms with Gasteiger partial charge in [0, 0.05) is 11.1 Å². The van der Waals surface area contributed by atoms with Crippen molar-refractivity contribution in [3.8, 4) is 0 Å². The minimum Gasteiger partial charge on any atom is -0.375 e. The molecule has 158 valence electrons. The fourth-order valence-corrected chi connectivity index (χ4v) is 4.10. The van der Waals surface area contributed by atoms with E-state index in [1.165, 1.54) is 0 Å². The summed E-state index contributed by atoms with van der Waals surface area (Å²) in [5.41, 5.74) is 3.02. The third-order valence-corrected chi connectivity index (χ3v) is 6.02. The standard InChI is InChI=1S/C27H27NO3/c1-18(2)21-12-14-22(15-13-21)25(29)16-27(31)23-6-4-5-7-24(23)28(26(27)30)17-20-10-8-19(3)9-11-20/h4-15,18,31H,16-17H2,1-3H3. The lowest BCUT2D eigenvalue weighted by atomic mass is 9.87. The van der Waals surface area contributed by atoms with Gasteiger partial charge in [-0.3, -0.25) is 9.59 Å². The SMILES string of the molecule is Cc1ccc(CN2C(=O)C(O)(CC(=O)c3ccc(C(C)C)cc3)c3ccccc32)cc1. The Morgan fingerprint density at radius 3 is 2.26 bits per heavy atom. The second-order valence-corrected chi connectivity index (χ2v) is 8.63. The summed E-state index contributed by atoms with van der Waals surface area (Å²) in [5, 5.41) is 11.5. The summed E-state index contributed by atoms with van der Waals surface area (Å²) in [6.45, 7) is 6.54. The molecule has 0 radical (unpaired) electrons. The molecule has 3 aromatic carbocycles. The Morgan fingerprint density at radius 2 is 1.61 bits per heavy atom. The molecule has 0 aromatic heterocycles. The van der Waals surface area contributed by atoms with Gasteiger partial charge in [0.15, 0.2) is 11.4 Å². The fourth-order valence-electron chi connectivity index (χ4n) is 4.10. The number of carbonyl (C=O) groups excluding carboxylic acids is 2. The van der Waals surface area contributed by atoms with Crippen LogP contribution in [0.1, 0.15) is 58.8 Å². The van der Waals surface area contributed by atoms with Crippen LogP contribution in [0.15, 0.2) is 72.8 Å². The normalized spacial score (nSPS) is 17.8. The third kappa shape index (κ3) is 3.91. The number of rotatable bonds is 6. The maximum absolute atomic E-state index is 13.4. The molecule has 0 saturated carbocycles. The molecule has 1 aliphatic heterocycles. The van der Waals surface area contributed by atoms with Crippen molar-refractivity contribution in [3.05, 3.63) is 101 Å². The van der Waals surface area contributed by atoms with Crippen molar-refractivity contribution in [2.45, 2.75) is 45.3 Å². The van der Waals surface area contributed by atoms with Crippen molar-refractivity contribution in [1.29, 1.82) is 0 Å². The summed E-state index contributed by atoms with van der Waals surface area (Å²) in [6.07, 6.45) is -0.283. The fraction of sp³-hybridized carbons (Fsp3) is 0.259. The van der Waals surface area contributed by atoms with Crippen LogP contribution in [-0.2, 0) is 16.9 Å². The average molecular weight is 414 g/mol. The number of anilines is 1. The first-order valence-electron chi connectivity index (χ1n) is 10.6. The van der Waals surface area contributed by atoms with Crippen LogP contribution in [0, 0.1) is 6.92 Å². The number of benzene rings is 3. The molecule has 1 unspecified atom stereocenters. The predicted octanol–water partition coefficient (Wildman–Crippen LogP) is 5.13. The third-order valence-electron chi connectivity index (χ3n) is 6.02.